The van der Waals surface area contributed by atoms with Crippen molar-refractivity contribution in [1.82, 2.24) is 24.6 Å². The first-order chi connectivity index (χ1) is 11.0. The highest BCUT2D eigenvalue weighted by Crippen LogP contribution is 2.27. The fraction of sp³-hybridized carbons (Fsp3) is 0.588. The first kappa shape index (κ1) is 15.8. The topological polar surface area (TPSA) is 66.8 Å². The molecule has 3 heterocycles. The van der Waals surface area contributed by atoms with Crippen LogP contribution in [0.4, 0.5) is 0 Å². The van der Waals surface area contributed by atoms with Crippen LogP contribution in [0.15, 0.2) is 6.20 Å². The Morgan fingerprint density at radius 1 is 1.39 bits per heavy atom. The van der Waals surface area contributed by atoms with Gasteiger partial charge in [-0.1, -0.05) is 6.92 Å². The van der Waals surface area contributed by atoms with Crippen molar-refractivity contribution in [2.75, 3.05) is 13.1 Å². The van der Waals surface area contributed by atoms with Crippen LogP contribution < -0.4 is 0 Å². The molecule has 124 valence electrons. The summed E-state index contributed by atoms with van der Waals surface area (Å²) in [5.41, 5.74) is 3.65. The zero-order valence-corrected chi connectivity index (χ0v) is 14.4. The maximum atomic E-state index is 12.9. The van der Waals surface area contributed by atoms with Crippen molar-refractivity contribution in [3.05, 3.63) is 34.7 Å². The fourth-order valence-electron chi connectivity index (χ4n) is 3.40. The monoisotopic (exact) mass is 315 g/mol. The van der Waals surface area contributed by atoms with E-state index in [2.05, 4.69) is 22.0 Å². The van der Waals surface area contributed by atoms with E-state index in [0.29, 0.717) is 5.92 Å². The number of carbonyl (C=O) groups is 1. The second kappa shape index (κ2) is 6.18. The van der Waals surface area contributed by atoms with Gasteiger partial charge in [-0.3, -0.25) is 9.48 Å². The van der Waals surface area contributed by atoms with Crippen LogP contribution in [0.2, 0.25) is 0 Å². The number of aryl methyl sites for hydroxylation is 3. The summed E-state index contributed by atoms with van der Waals surface area (Å²) in [4.78, 5) is 22.6. The zero-order chi connectivity index (χ0) is 16.6. The summed E-state index contributed by atoms with van der Waals surface area (Å²) in [6, 6.07) is 0. The third-order valence-electron chi connectivity index (χ3n) is 4.62. The molecular weight excluding hydrogens is 290 g/mol. The lowest BCUT2D eigenvalue weighted by Crippen LogP contribution is -2.29. The fourth-order valence-corrected chi connectivity index (χ4v) is 3.40. The lowest BCUT2D eigenvalue weighted by molar-refractivity contribution is 0.0789. The highest BCUT2D eigenvalue weighted by atomic mass is 16.2. The molecule has 0 unspecified atom stereocenters. The van der Waals surface area contributed by atoms with E-state index in [-0.39, 0.29) is 5.91 Å². The Bertz CT molecular complexity index is 715. The third kappa shape index (κ3) is 2.90. The lowest BCUT2D eigenvalue weighted by Gasteiger charge is -2.16. The lowest BCUT2D eigenvalue weighted by atomic mass is 10.1. The van der Waals surface area contributed by atoms with Crippen molar-refractivity contribution in [3.63, 3.8) is 0 Å². The third-order valence-corrected chi connectivity index (χ3v) is 4.62. The number of nitrogens with one attached hydrogen (secondary N) is 1. The number of amides is 1. The van der Waals surface area contributed by atoms with Gasteiger partial charge in [0.25, 0.3) is 5.91 Å². The summed E-state index contributed by atoms with van der Waals surface area (Å²) in [5.74, 6) is 1.40. The van der Waals surface area contributed by atoms with Gasteiger partial charge in [0, 0.05) is 43.1 Å². The first-order valence-electron chi connectivity index (χ1n) is 8.36. The summed E-state index contributed by atoms with van der Waals surface area (Å²) in [7, 11) is 0. The molecule has 0 aliphatic carbocycles. The molecule has 1 saturated heterocycles. The summed E-state index contributed by atoms with van der Waals surface area (Å²) in [6.45, 7) is 10.4. The van der Waals surface area contributed by atoms with Crippen LogP contribution in [0.25, 0.3) is 0 Å². The van der Waals surface area contributed by atoms with Crippen LogP contribution in [0.5, 0.6) is 0 Å². The van der Waals surface area contributed by atoms with E-state index in [9.17, 15) is 4.79 Å². The molecule has 0 radical (unpaired) electrons. The van der Waals surface area contributed by atoms with Crippen molar-refractivity contribution in [2.45, 2.75) is 53.0 Å². The molecule has 1 aliphatic rings. The Kier molecular flexibility index (Phi) is 4.24. The number of aromatic nitrogens is 4. The number of nitrogens with zero attached hydrogens (tertiary/aromatic N) is 4. The Labute approximate surface area is 136 Å². The minimum absolute atomic E-state index is 0.105. The van der Waals surface area contributed by atoms with Crippen molar-refractivity contribution in [1.29, 1.82) is 0 Å². The SMILES string of the molecule is CCCn1nc(C)c(C(=O)N2CC[C@@H](c3ncc(C)[nH]3)C2)c1C. The van der Waals surface area contributed by atoms with Gasteiger partial charge in [0.2, 0.25) is 0 Å². The number of aromatic amines is 1. The smallest absolute Gasteiger partial charge is 0.257 e. The molecule has 2 aromatic rings. The maximum absolute atomic E-state index is 12.9. The van der Waals surface area contributed by atoms with Crippen molar-refractivity contribution < 1.29 is 4.79 Å². The van der Waals surface area contributed by atoms with E-state index in [0.717, 1.165) is 60.9 Å². The largest absolute Gasteiger partial charge is 0.346 e. The average molecular weight is 315 g/mol. The number of H-pyrrole nitrogens is 1. The van der Waals surface area contributed by atoms with Crippen LogP contribution in [-0.2, 0) is 6.54 Å². The molecule has 3 rings (SSSR count). The highest BCUT2D eigenvalue weighted by Gasteiger charge is 2.32. The van der Waals surface area contributed by atoms with Crippen LogP contribution in [-0.4, -0.2) is 43.6 Å². The Morgan fingerprint density at radius 3 is 2.83 bits per heavy atom. The molecule has 1 aliphatic heterocycles. The minimum atomic E-state index is 0.105. The Balaban J connectivity index is 1.77. The molecule has 0 aromatic carbocycles. The molecular formula is C17H25N5O. The quantitative estimate of drug-likeness (QED) is 0.943. The minimum Gasteiger partial charge on any atom is -0.346 e. The zero-order valence-electron chi connectivity index (χ0n) is 14.4. The van der Waals surface area contributed by atoms with Gasteiger partial charge in [0.1, 0.15) is 5.82 Å². The molecule has 0 saturated carbocycles. The molecule has 6 heteroatoms. The van der Waals surface area contributed by atoms with Crippen LogP contribution in [0.3, 0.4) is 0 Å². The molecule has 1 atom stereocenters. The number of carbonyl (C=O) groups excluding carboxylic acids is 1. The van der Waals surface area contributed by atoms with Gasteiger partial charge in [-0.15, -0.1) is 0 Å². The van der Waals surface area contributed by atoms with Gasteiger partial charge in [0.15, 0.2) is 0 Å². The molecule has 2 aromatic heterocycles. The summed E-state index contributed by atoms with van der Waals surface area (Å²) in [5, 5.41) is 4.52. The summed E-state index contributed by atoms with van der Waals surface area (Å²) in [6.07, 6.45) is 3.82. The number of hydrogen-bond acceptors (Lipinski definition) is 3. The van der Waals surface area contributed by atoms with Crippen molar-refractivity contribution in [3.8, 4) is 0 Å². The number of rotatable bonds is 4. The standard InChI is InChI=1S/C17H25N5O/c1-5-7-22-13(4)15(12(3)20-22)17(23)21-8-6-14(10-21)16-18-9-11(2)19-16/h9,14H,5-8,10H2,1-4H3,(H,18,19)/t14-/m1/s1. The molecule has 1 amide bonds. The van der Waals surface area contributed by atoms with Gasteiger partial charge in [-0.25, -0.2) is 4.98 Å². The predicted molar refractivity (Wildman–Crippen MR) is 88.6 cm³/mol. The molecule has 0 bridgehead atoms. The Hall–Kier alpha value is -2.11. The Morgan fingerprint density at radius 2 is 2.17 bits per heavy atom. The molecule has 6 nitrogen and oxygen atoms in total. The predicted octanol–water partition coefficient (Wildman–Crippen LogP) is 2.57. The van der Waals surface area contributed by atoms with E-state index in [1.165, 1.54) is 0 Å². The number of hydrogen-bond donors (Lipinski definition) is 1. The van der Waals surface area contributed by atoms with E-state index < -0.39 is 0 Å². The van der Waals surface area contributed by atoms with E-state index >= 15 is 0 Å². The van der Waals surface area contributed by atoms with Gasteiger partial charge < -0.3 is 9.88 Å². The summed E-state index contributed by atoms with van der Waals surface area (Å²) >= 11 is 0. The van der Waals surface area contributed by atoms with Crippen molar-refractivity contribution >= 4 is 5.91 Å². The van der Waals surface area contributed by atoms with Crippen LogP contribution in [0.1, 0.15) is 58.9 Å². The average Bonchev–Trinajstić information content (AvgIpc) is 3.20. The highest BCUT2D eigenvalue weighted by molar-refractivity contribution is 5.96. The second-order valence-electron chi connectivity index (χ2n) is 6.46. The van der Waals surface area contributed by atoms with Gasteiger partial charge in [-0.05, 0) is 33.6 Å². The normalized spacial score (nSPS) is 17.9. The maximum Gasteiger partial charge on any atom is 0.257 e. The molecule has 1 N–H and O–H groups in total. The molecule has 1 fully saturated rings. The van der Waals surface area contributed by atoms with Crippen molar-refractivity contribution in [2.24, 2.45) is 0 Å². The van der Waals surface area contributed by atoms with Gasteiger partial charge >= 0.3 is 0 Å². The number of likely N-dealkylation sites (tertiary alicyclic amines) is 1. The van der Waals surface area contributed by atoms with E-state index in [1.807, 2.05) is 36.5 Å². The van der Waals surface area contributed by atoms with E-state index in [1.54, 1.807) is 0 Å². The van der Waals surface area contributed by atoms with E-state index in [4.69, 9.17) is 0 Å². The van der Waals surface area contributed by atoms with Gasteiger partial charge in [-0.2, -0.15) is 5.10 Å². The van der Waals surface area contributed by atoms with Gasteiger partial charge in [0.05, 0.1) is 11.3 Å². The second-order valence-corrected chi connectivity index (χ2v) is 6.46. The number of imidazole rings is 1. The summed E-state index contributed by atoms with van der Waals surface area (Å²) < 4.78 is 1.95. The molecule has 23 heavy (non-hydrogen) atoms. The van der Waals surface area contributed by atoms with Crippen LogP contribution in [0, 0.1) is 20.8 Å². The first-order valence-corrected chi connectivity index (χ1v) is 8.36. The van der Waals surface area contributed by atoms with Crippen LogP contribution >= 0.6 is 0 Å². The molecule has 0 spiro atoms.